The van der Waals surface area contributed by atoms with Crippen LogP contribution in [0, 0.1) is 0 Å². The maximum absolute atomic E-state index is 12.1. The smallest absolute Gasteiger partial charge is 0.339 e. The molecule has 0 aliphatic heterocycles. The van der Waals surface area contributed by atoms with Gasteiger partial charge in [-0.1, -0.05) is 29.1 Å². The summed E-state index contributed by atoms with van der Waals surface area (Å²) < 4.78 is 3.72. The zero-order valence-electron chi connectivity index (χ0n) is 10.4. The summed E-state index contributed by atoms with van der Waals surface area (Å²) in [5.74, 6) is -1.65. The topological polar surface area (TPSA) is 92.2 Å². The molecule has 0 atom stereocenters. The van der Waals surface area contributed by atoms with Gasteiger partial charge in [-0.05, 0) is 30.1 Å². The van der Waals surface area contributed by atoms with E-state index in [9.17, 15) is 9.59 Å². The summed E-state index contributed by atoms with van der Waals surface area (Å²) in [6.07, 6.45) is 0.570. The number of rotatable bonds is 4. The van der Waals surface area contributed by atoms with Crippen molar-refractivity contribution < 1.29 is 14.7 Å². The van der Waals surface area contributed by atoms with Crippen molar-refractivity contribution in [2.24, 2.45) is 0 Å². The molecule has 0 radical (unpaired) electrons. The van der Waals surface area contributed by atoms with Crippen LogP contribution in [0.4, 0.5) is 5.69 Å². The van der Waals surface area contributed by atoms with E-state index in [1.54, 1.807) is 6.07 Å². The van der Waals surface area contributed by atoms with Gasteiger partial charge in [-0.3, -0.25) is 4.79 Å². The first-order valence-corrected chi connectivity index (χ1v) is 6.84. The number of carboxylic acid groups (broad SMARTS) is 1. The normalized spacial score (nSPS) is 10.3. The van der Waals surface area contributed by atoms with E-state index in [-0.39, 0.29) is 16.3 Å². The second kappa shape index (κ2) is 5.98. The average molecular weight is 312 g/mol. The number of anilines is 1. The standard InChI is InChI=1S/C12H10ClN3O3S/c1-2-7-10(20-16-15-7)11(17)14-8-5-3-4-6(13)9(8)12(18)19/h3-5H,2H2,1H3,(H,14,17)(H,18,19). The number of amides is 1. The molecular formula is C12H10ClN3O3S. The molecule has 0 spiro atoms. The van der Waals surface area contributed by atoms with Gasteiger partial charge in [-0.15, -0.1) is 5.10 Å². The Morgan fingerprint density at radius 1 is 1.45 bits per heavy atom. The minimum atomic E-state index is -1.20. The molecule has 20 heavy (non-hydrogen) atoms. The van der Waals surface area contributed by atoms with Crippen LogP contribution in [0.3, 0.4) is 0 Å². The highest BCUT2D eigenvalue weighted by molar-refractivity contribution is 7.08. The van der Waals surface area contributed by atoms with Gasteiger partial charge in [0.25, 0.3) is 5.91 Å². The Kier molecular flexibility index (Phi) is 4.31. The van der Waals surface area contributed by atoms with Gasteiger partial charge in [-0.25, -0.2) is 4.79 Å². The summed E-state index contributed by atoms with van der Waals surface area (Å²) >= 11 is 6.80. The summed E-state index contributed by atoms with van der Waals surface area (Å²) in [6, 6.07) is 4.50. The van der Waals surface area contributed by atoms with Crippen LogP contribution in [0.5, 0.6) is 0 Å². The summed E-state index contributed by atoms with van der Waals surface area (Å²) in [4.78, 5) is 23.7. The van der Waals surface area contributed by atoms with E-state index < -0.39 is 11.9 Å². The van der Waals surface area contributed by atoms with Crippen molar-refractivity contribution >= 4 is 40.7 Å². The lowest BCUT2D eigenvalue weighted by molar-refractivity contribution is 0.0698. The quantitative estimate of drug-likeness (QED) is 0.905. The molecule has 0 aliphatic carbocycles. The van der Waals surface area contributed by atoms with E-state index in [0.717, 1.165) is 11.5 Å². The first kappa shape index (κ1) is 14.4. The van der Waals surface area contributed by atoms with Crippen LogP contribution in [0.15, 0.2) is 18.2 Å². The van der Waals surface area contributed by atoms with Crippen molar-refractivity contribution in [3.05, 3.63) is 39.4 Å². The predicted molar refractivity (Wildman–Crippen MR) is 75.7 cm³/mol. The Bertz CT molecular complexity index is 672. The van der Waals surface area contributed by atoms with Gasteiger partial charge in [0.05, 0.1) is 16.4 Å². The Balaban J connectivity index is 2.33. The monoisotopic (exact) mass is 311 g/mol. The Labute approximate surface area is 123 Å². The van der Waals surface area contributed by atoms with Gasteiger partial charge in [0.2, 0.25) is 0 Å². The number of hydrogen-bond acceptors (Lipinski definition) is 5. The van der Waals surface area contributed by atoms with Crippen LogP contribution in [-0.4, -0.2) is 26.6 Å². The second-order valence-corrected chi connectivity index (χ2v) is 4.99. The maximum Gasteiger partial charge on any atom is 0.339 e. The summed E-state index contributed by atoms with van der Waals surface area (Å²) in [6.45, 7) is 1.86. The third-order valence-corrected chi connectivity index (χ3v) is 3.65. The molecule has 0 aliphatic rings. The van der Waals surface area contributed by atoms with Crippen LogP contribution >= 0.6 is 23.1 Å². The number of aryl methyl sites for hydroxylation is 1. The molecule has 1 aromatic heterocycles. The summed E-state index contributed by atoms with van der Waals surface area (Å²) in [5.41, 5.74) is 0.579. The van der Waals surface area contributed by atoms with Crippen molar-refractivity contribution in [3.8, 4) is 0 Å². The minimum absolute atomic E-state index is 0.0634. The lowest BCUT2D eigenvalue weighted by Crippen LogP contribution is -2.15. The van der Waals surface area contributed by atoms with Crippen molar-refractivity contribution in [2.45, 2.75) is 13.3 Å². The molecule has 1 amide bonds. The molecule has 0 saturated heterocycles. The van der Waals surface area contributed by atoms with Crippen LogP contribution in [0.25, 0.3) is 0 Å². The fourth-order valence-corrected chi connectivity index (χ4v) is 2.54. The number of carboxylic acids is 1. The molecule has 8 heteroatoms. The van der Waals surface area contributed by atoms with E-state index in [1.807, 2.05) is 6.92 Å². The number of hydrogen-bond donors (Lipinski definition) is 2. The van der Waals surface area contributed by atoms with Crippen molar-refractivity contribution in [2.75, 3.05) is 5.32 Å². The molecule has 0 unspecified atom stereocenters. The molecule has 0 bridgehead atoms. The van der Waals surface area contributed by atoms with E-state index >= 15 is 0 Å². The van der Waals surface area contributed by atoms with Crippen molar-refractivity contribution in [1.29, 1.82) is 0 Å². The van der Waals surface area contributed by atoms with Gasteiger partial charge < -0.3 is 10.4 Å². The Hall–Kier alpha value is -1.99. The zero-order chi connectivity index (χ0) is 14.7. The molecule has 0 saturated carbocycles. The molecule has 2 rings (SSSR count). The third-order valence-electron chi connectivity index (χ3n) is 2.57. The van der Waals surface area contributed by atoms with Gasteiger partial charge in [0, 0.05) is 0 Å². The number of nitrogens with zero attached hydrogens (tertiary/aromatic N) is 2. The van der Waals surface area contributed by atoms with Gasteiger partial charge >= 0.3 is 5.97 Å². The zero-order valence-corrected chi connectivity index (χ0v) is 12.0. The lowest BCUT2D eigenvalue weighted by Gasteiger charge is -2.09. The molecule has 0 fully saturated rings. The maximum atomic E-state index is 12.1. The summed E-state index contributed by atoms with van der Waals surface area (Å²) in [7, 11) is 0. The number of carbonyl (C=O) groups is 2. The van der Waals surface area contributed by atoms with E-state index in [1.165, 1.54) is 12.1 Å². The molecule has 1 heterocycles. The molecule has 2 N–H and O–H groups in total. The molecule has 104 valence electrons. The van der Waals surface area contributed by atoms with Crippen LogP contribution in [0.2, 0.25) is 5.02 Å². The van der Waals surface area contributed by atoms with Crippen LogP contribution in [-0.2, 0) is 6.42 Å². The van der Waals surface area contributed by atoms with E-state index in [2.05, 4.69) is 14.9 Å². The fourth-order valence-electron chi connectivity index (χ4n) is 1.64. The van der Waals surface area contributed by atoms with Gasteiger partial charge in [0.1, 0.15) is 10.4 Å². The molecule has 2 aromatic rings. The lowest BCUT2D eigenvalue weighted by atomic mass is 10.1. The van der Waals surface area contributed by atoms with Crippen LogP contribution in [0.1, 0.15) is 32.6 Å². The highest BCUT2D eigenvalue weighted by Crippen LogP contribution is 2.25. The first-order chi connectivity index (χ1) is 9.54. The van der Waals surface area contributed by atoms with Gasteiger partial charge in [-0.2, -0.15) is 0 Å². The highest BCUT2D eigenvalue weighted by Gasteiger charge is 2.19. The SMILES string of the molecule is CCc1nnsc1C(=O)Nc1cccc(Cl)c1C(=O)O. The Morgan fingerprint density at radius 3 is 2.85 bits per heavy atom. The average Bonchev–Trinajstić information content (AvgIpc) is 2.86. The molecular weight excluding hydrogens is 302 g/mol. The minimum Gasteiger partial charge on any atom is -0.478 e. The summed E-state index contributed by atoms with van der Waals surface area (Å²) in [5, 5.41) is 15.6. The number of nitrogens with one attached hydrogen (secondary N) is 1. The number of benzene rings is 1. The second-order valence-electron chi connectivity index (χ2n) is 3.82. The third kappa shape index (κ3) is 2.78. The van der Waals surface area contributed by atoms with Crippen molar-refractivity contribution in [1.82, 2.24) is 9.59 Å². The largest absolute Gasteiger partial charge is 0.478 e. The Morgan fingerprint density at radius 2 is 2.20 bits per heavy atom. The van der Waals surface area contributed by atoms with Crippen LogP contribution < -0.4 is 5.32 Å². The highest BCUT2D eigenvalue weighted by atomic mass is 35.5. The van der Waals surface area contributed by atoms with E-state index in [4.69, 9.17) is 16.7 Å². The van der Waals surface area contributed by atoms with E-state index in [0.29, 0.717) is 17.0 Å². The van der Waals surface area contributed by atoms with Crippen molar-refractivity contribution in [3.63, 3.8) is 0 Å². The molecule has 1 aromatic carbocycles. The number of aromatic nitrogens is 2. The number of halogens is 1. The fraction of sp³-hybridized carbons (Fsp3) is 0.167. The predicted octanol–water partition coefficient (Wildman–Crippen LogP) is 2.70. The van der Waals surface area contributed by atoms with Gasteiger partial charge in [0.15, 0.2) is 0 Å². The first-order valence-electron chi connectivity index (χ1n) is 5.69. The number of carbonyl (C=O) groups excluding carboxylic acids is 1. The molecule has 6 nitrogen and oxygen atoms in total. The number of aromatic carboxylic acids is 1.